The van der Waals surface area contributed by atoms with E-state index in [4.69, 9.17) is 5.73 Å². The minimum Gasteiger partial charge on any atom is -0.328 e. The lowest BCUT2D eigenvalue weighted by molar-refractivity contribution is 0.204. The van der Waals surface area contributed by atoms with E-state index in [0.29, 0.717) is 11.5 Å². The molecule has 0 aliphatic heterocycles. The van der Waals surface area contributed by atoms with Crippen molar-refractivity contribution in [3.63, 3.8) is 0 Å². The zero-order chi connectivity index (χ0) is 13.4. The number of hydrogen-bond acceptors (Lipinski definition) is 2. The molecule has 1 aliphatic rings. The van der Waals surface area contributed by atoms with Gasteiger partial charge in [-0.15, -0.1) is 0 Å². The number of hydrogen-bond donors (Lipinski definition) is 2. The molecule has 0 saturated heterocycles. The van der Waals surface area contributed by atoms with E-state index in [1.54, 1.807) is 0 Å². The van der Waals surface area contributed by atoms with E-state index >= 15 is 0 Å². The molecule has 2 unspecified atom stereocenters. The summed E-state index contributed by atoms with van der Waals surface area (Å²) < 4.78 is 0. The Labute approximate surface area is 114 Å². The van der Waals surface area contributed by atoms with Crippen LogP contribution in [0.4, 0.5) is 0 Å². The number of nitrogens with one attached hydrogen (secondary N) is 1. The Kier molecular flexibility index (Phi) is 7.25. The van der Waals surface area contributed by atoms with Crippen molar-refractivity contribution in [1.82, 2.24) is 5.32 Å². The normalized spacial score (nSPS) is 22.7. The van der Waals surface area contributed by atoms with Gasteiger partial charge in [-0.2, -0.15) is 0 Å². The van der Waals surface area contributed by atoms with Crippen LogP contribution in [0.3, 0.4) is 0 Å². The van der Waals surface area contributed by atoms with Gasteiger partial charge < -0.3 is 11.1 Å². The Morgan fingerprint density at radius 1 is 1.11 bits per heavy atom. The molecular formula is C16H34N2. The van der Waals surface area contributed by atoms with Gasteiger partial charge in [0.2, 0.25) is 0 Å². The van der Waals surface area contributed by atoms with E-state index in [1.165, 1.54) is 64.5 Å². The Morgan fingerprint density at radius 3 is 2.39 bits per heavy atom. The maximum absolute atomic E-state index is 5.78. The minimum absolute atomic E-state index is 0.367. The van der Waals surface area contributed by atoms with E-state index in [2.05, 4.69) is 26.1 Å². The van der Waals surface area contributed by atoms with Crippen LogP contribution in [0.2, 0.25) is 0 Å². The Bertz CT molecular complexity index is 207. The van der Waals surface area contributed by atoms with Crippen molar-refractivity contribution >= 4 is 0 Å². The van der Waals surface area contributed by atoms with Crippen LogP contribution in [0.1, 0.15) is 72.1 Å². The first-order valence-electron chi connectivity index (χ1n) is 7.98. The van der Waals surface area contributed by atoms with Gasteiger partial charge in [0.15, 0.2) is 0 Å². The van der Waals surface area contributed by atoms with E-state index in [-0.39, 0.29) is 0 Å². The van der Waals surface area contributed by atoms with Crippen LogP contribution in [0, 0.1) is 11.3 Å². The third-order valence-electron chi connectivity index (χ3n) is 4.46. The molecule has 0 radical (unpaired) electrons. The molecule has 1 rings (SSSR count). The van der Waals surface area contributed by atoms with Crippen LogP contribution in [-0.2, 0) is 0 Å². The van der Waals surface area contributed by atoms with Crippen molar-refractivity contribution in [3.05, 3.63) is 0 Å². The van der Waals surface area contributed by atoms with Crippen LogP contribution in [0.5, 0.6) is 0 Å². The molecule has 0 heterocycles. The highest BCUT2D eigenvalue weighted by Crippen LogP contribution is 2.34. The van der Waals surface area contributed by atoms with Crippen LogP contribution in [0.25, 0.3) is 0 Å². The number of nitrogens with two attached hydrogens (primary N) is 1. The largest absolute Gasteiger partial charge is 0.328 e. The molecule has 0 aromatic carbocycles. The van der Waals surface area contributed by atoms with Gasteiger partial charge in [-0.1, -0.05) is 39.5 Å². The molecule has 2 nitrogen and oxygen atoms in total. The summed E-state index contributed by atoms with van der Waals surface area (Å²) in [4.78, 5) is 0. The summed E-state index contributed by atoms with van der Waals surface area (Å²) in [6.45, 7) is 9.31. The first kappa shape index (κ1) is 16.0. The molecule has 2 heteroatoms. The van der Waals surface area contributed by atoms with Crippen LogP contribution >= 0.6 is 0 Å². The predicted octanol–water partition coefficient (Wildman–Crippen LogP) is 3.70. The Hall–Kier alpha value is -0.0800. The average Bonchev–Trinajstić information content (AvgIpc) is 2.29. The monoisotopic (exact) mass is 254 g/mol. The first-order valence-corrected chi connectivity index (χ1v) is 7.98. The van der Waals surface area contributed by atoms with E-state index < -0.39 is 0 Å². The molecule has 1 fully saturated rings. The summed E-state index contributed by atoms with van der Waals surface area (Å²) in [7, 11) is 0. The van der Waals surface area contributed by atoms with Gasteiger partial charge in [0.05, 0.1) is 0 Å². The summed E-state index contributed by atoms with van der Waals surface area (Å²) in [6, 6.07) is 0.367. The highest BCUT2D eigenvalue weighted by atomic mass is 14.9. The lowest BCUT2D eigenvalue weighted by atomic mass is 9.75. The third-order valence-corrected chi connectivity index (χ3v) is 4.46. The maximum atomic E-state index is 5.78. The molecular weight excluding hydrogens is 220 g/mol. The molecule has 2 atom stereocenters. The molecule has 18 heavy (non-hydrogen) atoms. The molecule has 3 N–H and O–H groups in total. The Morgan fingerprint density at radius 2 is 1.78 bits per heavy atom. The van der Waals surface area contributed by atoms with Crippen LogP contribution in [-0.4, -0.2) is 19.1 Å². The molecule has 0 bridgehead atoms. The second-order valence-corrected chi connectivity index (χ2v) is 7.02. The molecule has 1 aliphatic carbocycles. The molecule has 1 saturated carbocycles. The second-order valence-electron chi connectivity index (χ2n) is 7.02. The van der Waals surface area contributed by atoms with Gasteiger partial charge in [-0.05, 0) is 50.5 Å². The maximum Gasteiger partial charge on any atom is 0.00104 e. The summed E-state index contributed by atoms with van der Waals surface area (Å²) in [5, 5.41) is 3.70. The fourth-order valence-corrected chi connectivity index (χ4v) is 3.09. The smallest absolute Gasteiger partial charge is 0.00104 e. The molecule has 0 aromatic rings. The molecule has 0 spiro atoms. The van der Waals surface area contributed by atoms with Crippen molar-refractivity contribution in [2.24, 2.45) is 17.1 Å². The van der Waals surface area contributed by atoms with Crippen molar-refractivity contribution < 1.29 is 0 Å². The molecule has 0 aromatic heterocycles. The van der Waals surface area contributed by atoms with E-state index in [0.717, 1.165) is 5.92 Å². The standard InChI is InChI=1S/C16H34N2/c1-14(8-7-9-15(2)17)12-18-13-16(3)10-5-4-6-11-16/h14-15,18H,4-13,17H2,1-3H3. The lowest BCUT2D eigenvalue weighted by Gasteiger charge is -2.34. The third kappa shape index (κ3) is 6.75. The van der Waals surface area contributed by atoms with E-state index in [1.807, 2.05) is 0 Å². The molecule has 108 valence electrons. The zero-order valence-electron chi connectivity index (χ0n) is 12.8. The van der Waals surface area contributed by atoms with Gasteiger partial charge >= 0.3 is 0 Å². The summed E-state index contributed by atoms with van der Waals surface area (Å²) >= 11 is 0. The van der Waals surface area contributed by atoms with Gasteiger partial charge in [0.1, 0.15) is 0 Å². The zero-order valence-corrected chi connectivity index (χ0v) is 12.8. The van der Waals surface area contributed by atoms with Crippen LogP contribution in [0.15, 0.2) is 0 Å². The van der Waals surface area contributed by atoms with Crippen molar-refractivity contribution in [2.45, 2.75) is 78.2 Å². The lowest BCUT2D eigenvalue weighted by Crippen LogP contribution is -2.35. The van der Waals surface area contributed by atoms with Gasteiger partial charge in [0.25, 0.3) is 0 Å². The summed E-state index contributed by atoms with van der Waals surface area (Å²) in [6.07, 6.45) is 10.9. The van der Waals surface area contributed by atoms with Crippen molar-refractivity contribution in [3.8, 4) is 0 Å². The van der Waals surface area contributed by atoms with Gasteiger partial charge in [-0.3, -0.25) is 0 Å². The van der Waals surface area contributed by atoms with Gasteiger partial charge in [-0.25, -0.2) is 0 Å². The SMILES string of the molecule is CC(N)CCCC(C)CNCC1(C)CCCCC1. The first-order chi connectivity index (χ1) is 8.52. The highest BCUT2D eigenvalue weighted by molar-refractivity contribution is 4.80. The number of rotatable bonds is 8. The summed E-state index contributed by atoms with van der Waals surface area (Å²) in [5.41, 5.74) is 6.35. The van der Waals surface area contributed by atoms with Crippen LogP contribution < -0.4 is 11.1 Å². The summed E-state index contributed by atoms with van der Waals surface area (Å²) in [5.74, 6) is 0.788. The average molecular weight is 254 g/mol. The molecule has 0 amide bonds. The predicted molar refractivity (Wildman–Crippen MR) is 80.7 cm³/mol. The van der Waals surface area contributed by atoms with Crippen molar-refractivity contribution in [1.29, 1.82) is 0 Å². The van der Waals surface area contributed by atoms with Gasteiger partial charge in [0, 0.05) is 12.6 Å². The fourth-order valence-electron chi connectivity index (χ4n) is 3.09. The minimum atomic E-state index is 0.367. The highest BCUT2D eigenvalue weighted by Gasteiger charge is 2.26. The van der Waals surface area contributed by atoms with E-state index in [9.17, 15) is 0 Å². The Balaban J connectivity index is 2.05. The fraction of sp³-hybridized carbons (Fsp3) is 1.00. The van der Waals surface area contributed by atoms with Crippen molar-refractivity contribution in [2.75, 3.05) is 13.1 Å². The topological polar surface area (TPSA) is 38.0 Å². The quantitative estimate of drug-likeness (QED) is 0.693. The second kappa shape index (κ2) is 8.16.